The van der Waals surface area contributed by atoms with Crippen molar-refractivity contribution < 1.29 is 43.9 Å². The van der Waals surface area contributed by atoms with Crippen LogP contribution in [0.2, 0.25) is 5.02 Å². The number of carbonyl (C=O) groups is 3. The molecule has 57 heavy (non-hydrogen) atoms. The number of aliphatic hydroxyl groups is 1. The topological polar surface area (TPSA) is 177 Å². The molecular formula is C43H49ClN4O9. The predicted molar refractivity (Wildman–Crippen MR) is 209 cm³/mol. The lowest BCUT2D eigenvalue weighted by Crippen LogP contribution is -2.80. The molecule has 5 N–H and O–H groups in total. The molecular weight excluding hydrogens is 752 g/mol. The molecule has 14 heteroatoms. The average molecular weight is 801 g/mol. The summed E-state index contributed by atoms with van der Waals surface area (Å²) in [7, 11) is 1.19. The number of para-hydroxylation sites is 1. The minimum atomic E-state index is -2.42. The van der Waals surface area contributed by atoms with E-state index in [9.17, 15) is 29.7 Å². The van der Waals surface area contributed by atoms with Crippen LogP contribution in [0.25, 0.3) is 10.9 Å². The third kappa shape index (κ3) is 4.47. The normalized spacial score (nSPS) is 39.6. The maximum atomic E-state index is 14.6. The number of H-pyrrole nitrogens is 1. The van der Waals surface area contributed by atoms with E-state index in [0.717, 1.165) is 29.4 Å². The highest BCUT2D eigenvalue weighted by molar-refractivity contribution is 6.35. The van der Waals surface area contributed by atoms with E-state index in [4.69, 9.17) is 25.8 Å². The number of benzene rings is 2. The number of epoxide rings is 1. The van der Waals surface area contributed by atoms with Gasteiger partial charge in [0.2, 0.25) is 5.60 Å². The van der Waals surface area contributed by atoms with Crippen molar-refractivity contribution in [1.29, 1.82) is 0 Å². The van der Waals surface area contributed by atoms with Crippen molar-refractivity contribution in [3.05, 3.63) is 69.9 Å². The third-order valence-electron chi connectivity index (χ3n) is 15.4. The molecule has 4 fully saturated rings. The average Bonchev–Trinajstić information content (AvgIpc) is 3.44. The third-order valence-corrected chi connectivity index (χ3v) is 15.7. The molecule has 2 unspecified atom stereocenters. The summed E-state index contributed by atoms with van der Waals surface area (Å²) in [5.74, 6) is -3.36. The van der Waals surface area contributed by atoms with E-state index in [1.165, 1.54) is 14.0 Å². The number of ether oxygens (including phenoxy) is 3. The molecule has 11 atom stereocenters. The molecule has 3 aromatic rings. The summed E-state index contributed by atoms with van der Waals surface area (Å²) in [6.45, 7) is 8.59. The Bertz CT molecular complexity index is 2300. The van der Waals surface area contributed by atoms with Crippen molar-refractivity contribution in [1.82, 2.24) is 14.8 Å². The highest BCUT2D eigenvalue weighted by Gasteiger charge is 2.79. The Kier molecular flexibility index (Phi) is 7.95. The van der Waals surface area contributed by atoms with Crippen molar-refractivity contribution in [3.63, 3.8) is 0 Å². The fourth-order valence-corrected chi connectivity index (χ4v) is 13.3. The number of anilines is 1. The van der Waals surface area contributed by atoms with E-state index in [-0.39, 0.29) is 34.6 Å². The summed E-state index contributed by atoms with van der Waals surface area (Å²) in [5, 5.41) is 41.7. The Labute approximate surface area is 335 Å². The lowest BCUT2D eigenvalue weighted by Gasteiger charge is -2.62. The van der Waals surface area contributed by atoms with Crippen molar-refractivity contribution >= 4 is 46.1 Å². The summed E-state index contributed by atoms with van der Waals surface area (Å²) in [4.78, 5) is 49.9. The Balaban J connectivity index is 1.26. The Morgan fingerprint density at radius 3 is 2.63 bits per heavy atom. The van der Waals surface area contributed by atoms with Crippen LogP contribution in [0.15, 0.2) is 42.5 Å². The van der Waals surface area contributed by atoms with Gasteiger partial charge in [0, 0.05) is 78.1 Å². The van der Waals surface area contributed by atoms with Gasteiger partial charge in [0.25, 0.3) is 0 Å². The predicted octanol–water partition coefficient (Wildman–Crippen LogP) is 4.25. The molecule has 6 aliphatic heterocycles. The number of esters is 2. The van der Waals surface area contributed by atoms with Crippen molar-refractivity contribution in [2.24, 2.45) is 11.3 Å². The molecule has 1 spiro atoms. The fraction of sp³-hybridized carbons (Fsp3) is 0.558. The van der Waals surface area contributed by atoms with Crippen LogP contribution in [0.1, 0.15) is 68.8 Å². The molecule has 7 heterocycles. The number of piperidine rings is 1. The lowest BCUT2D eigenvalue weighted by molar-refractivity contribution is -0.226. The van der Waals surface area contributed by atoms with Gasteiger partial charge in [-0.15, -0.1) is 0 Å². The van der Waals surface area contributed by atoms with Crippen LogP contribution in [-0.4, -0.2) is 123 Å². The van der Waals surface area contributed by atoms with Gasteiger partial charge in [0.1, 0.15) is 21.8 Å². The zero-order valence-corrected chi connectivity index (χ0v) is 33.3. The lowest BCUT2D eigenvalue weighted by atomic mass is 9.47. The Hall–Kier alpha value is -4.14. The molecule has 3 saturated heterocycles. The van der Waals surface area contributed by atoms with Gasteiger partial charge in [0.15, 0.2) is 6.10 Å². The van der Waals surface area contributed by atoms with Gasteiger partial charge >= 0.3 is 17.9 Å². The smallest absolute Gasteiger partial charge is 0.344 e. The molecule has 302 valence electrons. The number of hydrogen-bond acceptors (Lipinski definition) is 11. The van der Waals surface area contributed by atoms with Crippen LogP contribution in [0.4, 0.5) is 5.69 Å². The summed E-state index contributed by atoms with van der Waals surface area (Å²) in [6, 6.07) is 8.05. The van der Waals surface area contributed by atoms with Crippen LogP contribution in [-0.2, 0) is 45.8 Å². The van der Waals surface area contributed by atoms with E-state index in [2.05, 4.69) is 27.0 Å². The number of carboxylic acids is 1. The molecule has 13 nitrogen and oxygen atoms in total. The second kappa shape index (κ2) is 12.2. The van der Waals surface area contributed by atoms with Crippen molar-refractivity contribution in [2.75, 3.05) is 45.2 Å². The van der Waals surface area contributed by atoms with Gasteiger partial charge in [-0.1, -0.05) is 55.8 Å². The fourth-order valence-electron chi connectivity index (χ4n) is 13.1. The molecule has 7 aliphatic rings. The first-order valence-electron chi connectivity index (χ1n) is 20.2. The molecule has 1 aromatic heterocycles. The zero-order chi connectivity index (χ0) is 40.0. The first kappa shape index (κ1) is 37.2. The summed E-state index contributed by atoms with van der Waals surface area (Å²) >= 11 is 7.34. The van der Waals surface area contributed by atoms with Gasteiger partial charge in [0.05, 0.1) is 24.9 Å². The standard InChI is InChI=1S/C43H49ClN4O9/c1-5-39-13-9-15-48-17-14-41(35(39)48)26-18-27(31(50)29(44)30(26)46-34(41)43(54,38(53)55-4)36(39)56-22(3)49)42(37(51)52)19-23-20-47(21-40(6-2)33(23)57-40)16-12-25-24-10-7-8-11-28(24)45-32(25)42/h7-11,13,18,23,33-36,45-46,50,54H,5-6,12,14-17,19-21H2,1-4H3,(H,51,52)/t23-,33?,34-,35-,36-,39-,40-,41+,42+,43+/m1/s1. The summed E-state index contributed by atoms with van der Waals surface area (Å²) < 4.78 is 17.9. The highest BCUT2D eigenvalue weighted by atomic mass is 35.5. The largest absolute Gasteiger partial charge is 0.506 e. The van der Waals surface area contributed by atoms with Crippen LogP contribution in [0, 0.1) is 11.3 Å². The molecule has 0 amide bonds. The van der Waals surface area contributed by atoms with Crippen LogP contribution in [0.5, 0.6) is 5.75 Å². The zero-order valence-electron chi connectivity index (χ0n) is 32.6. The van der Waals surface area contributed by atoms with Crippen molar-refractivity contribution in [2.45, 2.75) is 99.2 Å². The van der Waals surface area contributed by atoms with E-state index >= 15 is 0 Å². The number of fused-ring (bicyclic) bond motifs is 8. The molecule has 1 saturated carbocycles. The quantitative estimate of drug-likeness (QED) is 0.136. The highest BCUT2D eigenvalue weighted by Crippen LogP contribution is 2.68. The maximum Gasteiger partial charge on any atom is 0.344 e. The number of carboxylic acid groups (broad SMARTS) is 1. The molecule has 1 aliphatic carbocycles. The number of phenolic OH excluding ortho intramolecular Hbond substituents is 1. The first-order chi connectivity index (χ1) is 27.3. The number of aromatic nitrogens is 1. The molecule has 10 rings (SSSR count). The second-order valence-electron chi connectivity index (χ2n) is 17.6. The van der Waals surface area contributed by atoms with Crippen molar-refractivity contribution in [3.8, 4) is 5.75 Å². The molecule has 2 aromatic carbocycles. The van der Waals surface area contributed by atoms with Crippen LogP contribution >= 0.6 is 11.6 Å². The number of halogens is 1. The minimum Gasteiger partial charge on any atom is -0.506 e. The van der Waals surface area contributed by atoms with E-state index in [1.54, 1.807) is 6.07 Å². The number of nitrogens with one attached hydrogen (secondary N) is 2. The monoisotopic (exact) mass is 800 g/mol. The maximum absolute atomic E-state index is 14.6. The number of carbonyl (C=O) groups excluding carboxylic acids is 2. The van der Waals surface area contributed by atoms with Gasteiger partial charge in [-0.3, -0.25) is 19.4 Å². The molecule has 0 radical (unpaired) electrons. The molecule has 2 bridgehead atoms. The Morgan fingerprint density at radius 2 is 1.91 bits per heavy atom. The number of phenols is 1. The Morgan fingerprint density at radius 1 is 1.12 bits per heavy atom. The SMILES string of the molecule is CC[C@@]12CN3CCc4c([nH]c5ccccc45)[C@@](C(=O)O)(c4cc5c(c(Cl)c4O)N[C@H]4[C@@](O)(C(=O)OC)[C@H](OC(C)=O)[C@]6(CC)C=CCN7CC[C@]54[C@H]76)C[C@H](C3)C1O2. The van der Waals surface area contributed by atoms with Gasteiger partial charge in [-0.2, -0.15) is 0 Å². The number of hydrogen-bond donors (Lipinski definition) is 5. The van der Waals surface area contributed by atoms with E-state index < -0.39 is 63.7 Å². The number of aromatic amines is 1. The summed E-state index contributed by atoms with van der Waals surface area (Å²) in [5.41, 5.74) is -3.54. The number of methoxy groups -OCH3 is 1. The summed E-state index contributed by atoms with van der Waals surface area (Å²) in [6.07, 6.45) is 4.79. The van der Waals surface area contributed by atoms with Crippen LogP contribution in [0.3, 0.4) is 0 Å². The number of nitrogens with zero attached hydrogens (tertiary/aromatic N) is 2. The van der Waals surface area contributed by atoms with Crippen LogP contribution < -0.4 is 5.32 Å². The second-order valence-corrected chi connectivity index (χ2v) is 18.0. The number of aliphatic carboxylic acids is 1. The van der Waals surface area contributed by atoms with Gasteiger partial charge in [-0.25, -0.2) is 4.79 Å². The minimum absolute atomic E-state index is 0.108. The van der Waals surface area contributed by atoms with E-state index in [0.29, 0.717) is 62.4 Å². The van der Waals surface area contributed by atoms with E-state index in [1.807, 2.05) is 43.3 Å². The van der Waals surface area contributed by atoms with Gasteiger partial charge < -0.3 is 39.8 Å². The first-order valence-corrected chi connectivity index (χ1v) is 20.6. The van der Waals surface area contributed by atoms with Gasteiger partial charge in [-0.05, 0) is 61.9 Å². The number of aromatic hydroxyl groups is 1. The number of rotatable bonds is 6.